The Bertz CT molecular complexity index is 791. The third-order valence-corrected chi connectivity index (χ3v) is 5.10. The van der Waals surface area contributed by atoms with Gasteiger partial charge in [0.15, 0.2) is 5.96 Å². The van der Waals surface area contributed by atoms with Gasteiger partial charge >= 0.3 is 0 Å². The second kappa shape index (κ2) is 10.2. The first-order chi connectivity index (χ1) is 14.1. The number of halogens is 1. The van der Waals surface area contributed by atoms with E-state index in [0.29, 0.717) is 12.6 Å². The minimum absolute atomic E-state index is 0.218. The molecule has 2 N–H and O–H groups in total. The van der Waals surface area contributed by atoms with Crippen molar-refractivity contribution in [3.63, 3.8) is 0 Å². The van der Waals surface area contributed by atoms with E-state index in [-0.39, 0.29) is 11.9 Å². The zero-order valence-electron chi connectivity index (χ0n) is 17.4. The number of nitrogens with zero attached hydrogens (tertiary/aromatic N) is 4. The first-order valence-electron chi connectivity index (χ1n) is 10.2. The van der Waals surface area contributed by atoms with Gasteiger partial charge in [-0.3, -0.25) is 9.67 Å². The molecule has 0 aliphatic carbocycles. The quantitative estimate of drug-likeness (QED) is 0.550. The summed E-state index contributed by atoms with van der Waals surface area (Å²) < 4.78 is 20.6. The van der Waals surface area contributed by atoms with Crippen LogP contribution in [0.3, 0.4) is 0 Å². The molecule has 0 amide bonds. The highest BCUT2D eigenvalue weighted by molar-refractivity contribution is 5.80. The summed E-state index contributed by atoms with van der Waals surface area (Å²) in [6.07, 6.45) is 5.94. The van der Waals surface area contributed by atoms with Gasteiger partial charge < -0.3 is 20.3 Å². The number of hydrogen-bond donors (Lipinski definition) is 2. The van der Waals surface area contributed by atoms with Gasteiger partial charge in [-0.1, -0.05) is 12.1 Å². The van der Waals surface area contributed by atoms with Crippen molar-refractivity contribution >= 4 is 11.6 Å². The van der Waals surface area contributed by atoms with E-state index in [0.717, 1.165) is 49.7 Å². The lowest BCUT2D eigenvalue weighted by atomic mass is 10.1. The molecular weight excluding hydrogens is 371 g/mol. The zero-order valence-corrected chi connectivity index (χ0v) is 17.4. The van der Waals surface area contributed by atoms with Crippen molar-refractivity contribution in [2.45, 2.75) is 31.9 Å². The lowest BCUT2D eigenvalue weighted by Gasteiger charge is -2.34. The molecule has 2 atom stereocenters. The molecule has 1 saturated heterocycles. The number of aryl methyl sites for hydroxylation is 1. The maximum Gasteiger partial charge on any atom is 0.191 e. The molecule has 7 nitrogen and oxygen atoms in total. The molecule has 1 aromatic carbocycles. The topological polar surface area (TPSA) is 66.7 Å². The van der Waals surface area contributed by atoms with Crippen LogP contribution in [0.4, 0.5) is 10.1 Å². The highest BCUT2D eigenvalue weighted by atomic mass is 19.1. The van der Waals surface area contributed by atoms with E-state index < -0.39 is 0 Å². The summed E-state index contributed by atoms with van der Waals surface area (Å²) >= 11 is 0. The number of benzene rings is 1. The Kier molecular flexibility index (Phi) is 7.46. The monoisotopic (exact) mass is 402 g/mol. The number of nitrogens with one attached hydrogen (secondary N) is 2. The number of aromatic nitrogens is 2. The first-order valence-corrected chi connectivity index (χ1v) is 10.2. The van der Waals surface area contributed by atoms with Gasteiger partial charge in [0.2, 0.25) is 0 Å². The summed E-state index contributed by atoms with van der Waals surface area (Å²) in [6, 6.07) is 6.68. The van der Waals surface area contributed by atoms with Gasteiger partial charge in [0, 0.05) is 46.0 Å². The predicted molar refractivity (Wildman–Crippen MR) is 114 cm³/mol. The van der Waals surface area contributed by atoms with E-state index in [2.05, 4.69) is 20.6 Å². The van der Waals surface area contributed by atoms with Gasteiger partial charge in [-0.15, -0.1) is 0 Å². The second-order valence-corrected chi connectivity index (χ2v) is 7.30. The van der Waals surface area contributed by atoms with Crippen LogP contribution < -0.4 is 15.5 Å². The standard InChI is InChI=1S/C21H31FN6O/c1-4-23-21(24-13-20(29-3)16-7-9-17(22)10-8-16)26-18-6-5-11-28(14-18)19-12-25-27(2)15-19/h7-10,12,15,18,20H,4-6,11,13-14H2,1-3H3,(H2,23,24,26). The molecule has 3 rings (SSSR count). The van der Waals surface area contributed by atoms with Crippen molar-refractivity contribution < 1.29 is 9.13 Å². The minimum Gasteiger partial charge on any atom is -0.375 e. The van der Waals surface area contributed by atoms with Crippen molar-refractivity contribution in [3.05, 3.63) is 48.0 Å². The molecule has 8 heteroatoms. The third-order valence-electron chi connectivity index (χ3n) is 5.10. The van der Waals surface area contributed by atoms with E-state index in [9.17, 15) is 4.39 Å². The van der Waals surface area contributed by atoms with Gasteiger partial charge in [0.25, 0.3) is 0 Å². The van der Waals surface area contributed by atoms with Gasteiger partial charge in [0.05, 0.1) is 18.4 Å². The Hall–Kier alpha value is -2.61. The number of rotatable bonds is 7. The van der Waals surface area contributed by atoms with Crippen LogP contribution in [0, 0.1) is 5.82 Å². The molecular formula is C21H31FN6O. The number of guanidine groups is 1. The fraction of sp³-hybridized carbons (Fsp3) is 0.524. The summed E-state index contributed by atoms with van der Waals surface area (Å²) in [6.45, 7) is 5.22. The molecule has 0 bridgehead atoms. The highest BCUT2D eigenvalue weighted by Crippen LogP contribution is 2.20. The molecule has 0 saturated carbocycles. The summed E-state index contributed by atoms with van der Waals surface area (Å²) in [5.41, 5.74) is 2.06. The molecule has 1 aliphatic rings. The van der Waals surface area contributed by atoms with Crippen LogP contribution in [0.15, 0.2) is 41.7 Å². The summed E-state index contributed by atoms with van der Waals surface area (Å²) in [5, 5.41) is 11.2. The molecule has 1 aromatic heterocycles. The summed E-state index contributed by atoms with van der Waals surface area (Å²) in [7, 11) is 3.59. The Morgan fingerprint density at radius 3 is 2.83 bits per heavy atom. The Balaban J connectivity index is 1.62. The fourth-order valence-electron chi connectivity index (χ4n) is 3.58. The number of aliphatic imine (C=N–C) groups is 1. The Labute approximate surface area is 172 Å². The number of anilines is 1. The second-order valence-electron chi connectivity index (χ2n) is 7.30. The first kappa shape index (κ1) is 21.1. The number of piperidine rings is 1. The van der Waals surface area contributed by atoms with Gasteiger partial charge in [0.1, 0.15) is 11.9 Å². The Morgan fingerprint density at radius 2 is 2.17 bits per heavy atom. The maximum atomic E-state index is 13.2. The number of hydrogen-bond acceptors (Lipinski definition) is 4. The van der Waals surface area contributed by atoms with E-state index >= 15 is 0 Å². The van der Waals surface area contributed by atoms with Crippen LogP contribution >= 0.6 is 0 Å². The smallest absolute Gasteiger partial charge is 0.191 e. The van der Waals surface area contributed by atoms with Gasteiger partial charge in [-0.25, -0.2) is 4.39 Å². The zero-order chi connectivity index (χ0) is 20.6. The highest BCUT2D eigenvalue weighted by Gasteiger charge is 2.22. The number of methoxy groups -OCH3 is 1. The lowest BCUT2D eigenvalue weighted by Crippen LogP contribution is -2.51. The molecule has 2 aromatic rings. The van der Waals surface area contributed by atoms with Crippen LogP contribution in [0.1, 0.15) is 31.4 Å². The molecule has 1 fully saturated rings. The lowest BCUT2D eigenvalue weighted by molar-refractivity contribution is 0.111. The fourth-order valence-corrected chi connectivity index (χ4v) is 3.58. The molecule has 0 radical (unpaired) electrons. The average Bonchev–Trinajstić information content (AvgIpc) is 3.16. The van der Waals surface area contributed by atoms with E-state index in [1.165, 1.54) is 12.1 Å². The van der Waals surface area contributed by atoms with Crippen molar-refractivity contribution in [1.29, 1.82) is 0 Å². The average molecular weight is 403 g/mol. The molecule has 29 heavy (non-hydrogen) atoms. The third kappa shape index (κ3) is 5.93. The molecule has 0 spiro atoms. The summed E-state index contributed by atoms with van der Waals surface area (Å²) in [5.74, 6) is 0.521. The minimum atomic E-state index is -0.252. The number of ether oxygens (including phenoxy) is 1. The van der Waals surface area contributed by atoms with Gasteiger partial charge in [-0.2, -0.15) is 5.10 Å². The van der Waals surface area contributed by atoms with Crippen LogP contribution in [0.2, 0.25) is 0 Å². The van der Waals surface area contributed by atoms with Crippen molar-refractivity contribution in [2.24, 2.45) is 12.0 Å². The van der Waals surface area contributed by atoms with Crippen molar-refractivity contribution in [2.75, 3.05) is 38.2 Å². The molecule has 2 unspecified atom stereocenters. The van der Waals surface area contributed by atoms with Crippen molar-refractivity contribution in [3.8, 4) is 0 Å². The molecule has 1 aliphatic heterocycles. The van der Waals surface area contributed by atoms with E-state index in [1.54, 1.807) is 19.2 Å². The largest absolute Gasteiger partial charge is 0.375 e. The van der Waals surface area contributed by atoms with E-state index in [1.807, 2.05) is 31.0 Å². The van der Waals surface area contributed by atoms with Crippen LogP contribution in [0.5, 0.6) is 0 Å². The Morgan fingerprint density at radius 1 is 1.38 bits per heavy atom. The maximum absolute atomic E-state index is 13.2. The van der Waals surface area contributed by atoms with Crippen molar-refractivity contribution in [1.82, 2.24) is 20.4 Å². The summed E-state index contributed by atoms with van der Waals surface area (Å²) in [4.78, 5) is 7.08. The van der Waals surface area contributed by atoms with Crippen LogP contribution in [0.25, 0.3) is 0 Å². The van der Waals surface area contributed by atoms with E-state index in [4.69, 9.17) is 9.73 Å². The SMILES string of the molecule is CCNC(=NCC(OC)c1ccc(F)cc1)NC1CCCN(c2cnn(C)c2)C1. The molecule has 2 heterocycles. The van der Waals surface area contributed by atoms with Crippen LogP contribution in [-0.4, -0.2) is 55.1 Å². The van der Waals surface area contributed by atoms with Crippen LogP contribution in [-0.2, 0) is 11.8 Å². The predicted octanol–water partition coefficient (Wildman–Crippen LogP) is 2.47. The van der Waals surface area contributed by atoms with Gasteiger partial charge in [-0.05, 0) is 37.5 Å². The molecule has 158 valence electrons. The normalized spacial score (nSPS) is 18.6.